The average Bonchev–Trinajstić information content (AvgIpc) is 2.18. The molecule has 0 bridgehead atoms. The zero-order valence-electron chi connectivity index (χ0n) is 10.3. The van der Waals surface area contributed by atoms with E-state index < -0.39 is 5.54 Å². The molecule has 0 heterocycles. The Balaban J connectivity index is 4.52. The predicted octanol–water partition coefficient (Wildman–Crippen LogP) is 1.63. The zero-order valence-corrected chi connectivity index (χ0v) is 10.3. The lowest BCUT2D eigenvalue weighted by Crippen LogP contribution is -2.54. The van der Waals surface area contributed by atoms with Crippen LogP contribution in [0.25, 0.3) is 0 Å². The van der Waals surface area contributed by atoms with E-state index in [9.17, 15) is 4.79 Å². The Morgan fingerprint density at radius 2 is 1.79 bits per heavy atom. The second kappa shape index (κ2) is 5.35. The molecule has 14 heavy (non-hydrogen) atoms. The molecule has 0 radical (unpaired) electrons. The summed E-state index contributed by atoms with van der Waals surface area (Å²) in [5.74, 6) is 0.161. The number of carbonyl (C=O) groups excluding carboxylic acids is 1. The molecule has 3 nitrogen and oxygen atoms in total. The normalized spacial score (nSPS) is 11.9. The van der Waals surface area contributed by atoms with Gasteiger partial charge in [-0.3, -0.25) is 4.79 Å². The fraction of sp³-hybridized carbons (Fsp3) is 0.909. The van der Waals surface area contributed by atoms with Gasteiger partial charge in [0.2, 0.25) is 5.91 Å². The predicted molar refractivity (Wildman–Crippen MR) is 60.3 cm³/mol. The standard InChI is InChI=1S/C11H24N2O/c1-7-9(8-2)13(6)10(14)11(3,4)12-5/h9,12H,7-8H2,1-6H3. The topological polar surface area (TPSA) is 32.3 Å². The first kappa shape index (κ1) is 13.4. The highest BCUT2D eigenvalue weighted by atomic mass is 16.2. The fourth-order valence-corrected chi connectivity index (χ4v) is 1.55. The minimum atomic E-state index is -0.461. The maximum atomic E-state index is 12.0. The molecule has 0 rings (SSSR count). The molecule has 0 fully saturated rings. The van der Waals surface area contributed by atoms with Crippen molar-refractivity contribution in [3.8, 4) is 0 Å². The van der Waals surface area contributed by atoms with E-state index in [1.54, 1.807) is 0 Å². The zero-order chi connectivity index (χ0) is 11.4. The first-order chi connectivity index (χ1) is 6.40. The molecular formula is C11H24N2O. The van der Waals surface area contributed by atoms with Crippen LogP contribution in [0.5, 0.6) is 0 Å². The number of hydrogen-bond acceptors (Lipinski definition) is 2. The quantitative estimate of drug-likeness (QED) is 0.731. The van der Waals surface area contributed by atoms with Crippen molar-refractivity contribution >= 4 is 5.91 Å². The van der Waals surface area contributed by atoms with Gasteiger partial charge in [-0.15, -0.1) is 0 Å². The Labute approximate surface area is 87.9 Å². The largest absolute Gasteiger partial charge is 0.341 e. The van der Waals surface area contributed by atoms with Gasteiger partial charge in [-0.1, -0.05) is 13.8 Å². The smallest absolute Gasteiger partial charge is 0.242 e. The molecule has 3 heteroatoms. The summed E-state index contributed by atoms with van der Waals surface area (Å²) in [6.45, 7) is 8.05. The Morgan fingerprint density at radius 3 is 2.07 bits per heavy atom. The van der Waals surface area contributed by atoms with Gasteiger partial charge in [0.05, 0.1) is 5.54 Å². The van der Waals surface area contributed by atoms with E-state index in [1.165, 1.54) is 0 Å². The molecule has 0 aromatic carbocycles. The summed E-state index contributed by atoms with van der Waals surface area (Å²) in [5, 5.41) is 3.03. The van der Waals surface area contributed by atoms with Crippen molar-refractivity contribution in [2.24, 2.45) is 0 Å². The molecular weight excluding hydrogens is 176 g/mol. The first-order valence-corrected chi connectivity index (χ1v) is 5.36. The van der Waals surface area contributed by atoms with Crippen LogP contribution in [0.1, 0.15) is 40.5 Å². The fourth-order valence-electron chi connectivity index (χ4n) is 1.55. The van der Waals surface area contributed by atoms with Crippen molar-refractivity contribution < 1.29 is 4.79 Å². The van der Waals surface area contributed by atoms with Crippen LogP contribution < -0.4 is 5.32 Å². The maximum absolute atomic E-state index is 12.0. The van der Waals surface area contributed by atoms with E-state index in [-0.39, 0.29) is 5.91 Å². The molecule has 1 amide bonds. The van der Waals surface area contributed by atoms with E-state index in [0.717, 1.165) is 12.8 Å². The summed E-state index contributed by atoms with van der Waals surface area (Å²) in [6, 6.07) is 0.357. The molecule has 1 N–H and O–H groups in total. The molecule has 0 unspecified atom stereocenters. The van der Waals surface area contributed by atoms with Crippen LogP contribution >= 0.6 is 0 Å². The third-order valence-electron chi connectivity index (χ3n) is 2.97. The summed E-state index contributed by atoms with van der Waals surface area (Å²) in [7, 11) is 3.71. The van der Waals surface area contributed by atoms with Crippen LogP contribution in [0.3, 0.4) is 0 Å². The summed E-state index contributed by atoms with van der Waals surface area (Å²) in [6.07, 6.45) is 2.02. The van der Waals surface area contributed by atoms with Crippen molar-refractivity contribution in [2.75, 3.05) is 14.1 Å². The minimum Gasteiger partial charge on any atom is -0.341 e. The Kier molecular flexibility index (Phi) is 5.13. The van der Waals surface area contributed by atoms with Crippen LogP contribution in [0.15, 0.2) is 0 Å². The number of likely N-dealkylation sites (N-methyl/N-ethyl adjacent to an activating group) is 2. The molecule has 0 aliphatic rings. The molecule has 0 saturated carbocycles. The van der Waals surface area contributed by atoms with Crippen molar-refractivity contribution in [2.45, 2.75) is 52.1 Å². The number of hydrogen-bond donors (Lipinski definition) is 1. The van der Waals surface area contributed by atoms with Gasteiger partial charge in [-0.25, -0.2) is 0 Å². The number of nitrogens with zero attached hydrogens (tertiary/aromatic N) is 1. The van der Waals surface area contributed by atoms with E-state index in [2.05, 4.69) is 19.2 Å². The summed E-state index contributed by atoms with van der Waals surface area (Å²) in [5.41, 5.74) is -0.461. The molecule has 84 valence electrons. The van der Waals surface area contributed by atoms with Crippen molar-refractivity contribution in [3.05, 3.63) is 0 Å². The summed E-state index contributed by atoms with van der Waals surface area (Å²) < 4.78 is 0. The molecule has 0 aromatic rings. The van der Waals surface area contributed by atoms with Crippen LogP contribution in [0.4, 0.5) is 0 Å². The highest BCUT2D eigenvalue weighted by Gasteiger charge is 2.30. The minimum absolute atomic E-state index is 0.161. The number of nitrogens with one attached hydrogen (secondary N) is 1. The van der Waals surface area contributed by atoms with Gasteiger partial charge < -0.3 is 10.2 Å². The SMILES string of the molecule is CCC(CC)N(C)C(=O)C(C)(C)NC. The molecule has 0 aromatic heterocycles. The third kappa shape index (κ3) is 2.98. The van der Waals surface area contributed by atoms with Gasteiger partial charge in [0.1, 0.15) is 0 Å². The van der Waals surface area contributed by atoms with Crippen molar-refractivity contribution in [1.82, 2.24) is 10.2 Å². The van der Waals surface area contributed by atoms with Crippen LogP contribution in [0.2, 0.25) is 0 Å². The van der Waals surface area contributed by atoms with Gasteiger partial charge in [-0.2, -0.15) is 0 Å². The van der Waals surface area contributed by atoms with Crippen LogP contribution in [0, 0.1) is 0 Å². The van der Waals surface area contributed by atoms with Gasteiger partial charge in [0, 0.05) is 13.1 Å². The molecule has 0 aliphatic carbocycles. The number of amides is 1. The summed E-state index contributed by atoms with van der Waals surface area (Å²) in [4.78, 5) is 13.9. The first-order valence-electron chi connectivity index (χ1n) is 5.36. The molecule has 0 saturated heterocycles. The highest BCUT2D eigenvalue weighted by Crippen LogP contribution is 2.12. The summed E-state index contributed by atoms with van der Waals surface area (Å²) >= 11 is 0. The second-order valence-corrected chi connectivity index (χ2v) is 4.26. The molecule has 0 atom stereocenters. The maximum Gasteiger partial charge on any atom is 0.242 e. The van der Waals surface area contributed by atoms with Gasteiger partial charge in [0.25, 0.3) is 0 Å². The van der Waals surface area contributed by atoms with E-state index in [4.69, 9.17) is 0 Å². The van der Waals surface area contributed by atoms with Gasteiger partial charge in [0.15, 0.2) is 0 Å². The van der Waals surface area contributed by atoms with E-state index in [1.807, 2.05) is 32.8 Å². The Morgan fingerprint density at radius 1 is 1.36 bits per heavy atom. The number of rotatable bonds is 5. The lowest BCUT2D eigenvalue weighted by molar-refractivity contribution is -0.137. The van der Waals surface area contributed by atoms with Crippen molar-refractivity contribution in [1.29, 1.82) is 0 Å². The van der Waals surface area contributed by atoms with E-state index in [0.29, 0.717) is 6.04 Å². The highest BCUT2D eigenvalue weighted by molar-refractivity contribution is 5.85. The lowest BCUT2D eigenvalue weighted by atomic mass is 10.0. The Hall–Kier alpha value is -0.570. The lowest BCUT2D eigenvalue weighted by Gasteiger charge is -2.33. The van der Waals surface area contributed by atoms with Crippen LogP contribution in [-0.2, 0) is 4.79 Å². The molecule has 0 spiro atoms. The van der Waals surface area contributed by atoms with E-state index >= 15 is 0 Å². The Bertz CT molecular complexity index is 186. The van der Waals surface area contributed by atoms with Crippen molar-refractivity contribution in [3.63, 3.8) is 0 Å². The van der Waals surface area contributed by atoms with Gasteiger partial charge in [-0.05, 0) is 33.7 Å². The third-order valence-corrected chi connectivity index (χ3v) is 2.97. The number of carbonyl (C=O) groups is 1. The average molecular weight is 200 g/mol. The van der Waals surface area contributed by atoms with Gasteiger partial charge >= 0.3 is 0 Å². The monoisotopic (exact) mass is 200 g/mol. The molecule has 0 aliphatic heterocycles. The second-order valence-electron chi connectivity index (χ2n) is 4.26. The van der Waals surface area contributed by atoms with Crippen LogP contribution in [-0.4, -0.2) is 36.5 Å².